The van der Waals surface area contributed by atoms with E-state index in [1.807, 2.05) is 0 Å². The summed E-state index contributed by atoms with van der Waals surface area (Å²) < 4.78 is 3.88. The van der Waals surface area contributed by atoms with Crippen molar-refractivity contribution in [1.29, 1.82) is 0 Å². The van der Waals surface area contributed by atoms with E-state index >= 15 is 0 Å². The topological polar surface area (TPSA) is 0 Å². The van der Waals surface area contributed by atoms with Crippen LogP contribution in [0.5, 0.6) is 0 Å². The Labute approximate surface area is 64.9 Å². The van der Waals surface area contributed by atoms with Crippen LogP contribution in [0.15, 0.2) is 28.3 Å². The summed E-state index contributed by atoms with van der Waals surface area (Å²) in [4.78, 5) is 0. The van der Waals surface area contributed by atoms with E-state index < -0.39 is 0 Å². The van der Waals surface area contributed by atoms with E-state index in [9.17, 15) is 0 Å². The Kier molecular flexibility index (Phi) is 1.30. The first-order valence-corrected chi connectivity index (χ1v) is 5.18. The summed E-state index contributed by atoms with van der Waals surface area (Å²) in [6.45, 7) is 0. The molecule has 0 radical (unpaired) electrons. The van der Waals surface area contributed by atoms with Gasteiger partial charge in [0.2, 0.25) is 0 Å². The molecular formula is C8H6I-. The normalized spacial score (nSPS) is 14.7. The molecule has 0 bridgehead atoms. The Morgan fingerprint density at radius 1 is 1.11 bits per heavy atom. The number of fused-ring (bicyclic) bond motifs is 1. The Morgan fingerprint density at radius 2 is 2.00 bits per heavy atom. The van der Waals surface area contributed by atoms with Crippen LogP contribution < -0.4 is 21.2 Å². The van der Waals surface area contributed by atoms with Gasteiger partial charge in [0.15, 0.2) is 0 Å². The molecule has 0 saturated heterocycles. The van der Waals surface area contributed by atoms with Gasteiger partial charge in [-0.05, 0) is 0 Å². The second kappa shape index (κ2) is 2.14. The van der Waals surface area contributed by atoms with Crippen molar-refractivity contribution in [3.63, 3.8) is 0 Å². The summed E-state index contributed by atoms with van der Waals surface area (Å²) in [5, 5.41) is 0. The summed E-state index contributed by atoms with van der Waals surface area (Å²) in [7, 11) is 0. The van der Waals surface area contributed by atoms with Gasteiger partial charge < -0.3 is 0 Å². The van der Waals surface area contributed by atoms with Gasteiger partial charge in [0, 0.05) is 0 Å². The second-order valence-corrected chi connectivity index (χ2v) is 4.43. The number of benzene rings is 1. The first-order chi connectivity index (χ1) is 4.47. The second-order valence-electron chi connectivity index (χ2n) is 1.92. The van der Waals surface area contributed by atoms with Crippen molar-refractivity contribution in [2.45, 2.75) is 0 Å². The average Bonchev–Trinajstić information content (AvgIpc) is 2.33. The Balaban J connectivity index is 2.63. The molecule has 0 nitrogen and oxygen atoms in total. The number of hydrogen-bond acceptors (Lipinski definition) is 0. The van der Waals surface area contributed by atoms with Crippen molar-refractivity contribution in [3.8, 4) is 0 Å². The van der Waals surface area contributed by atoms with Gasteiger partial charge in [-0.25, -0.2) is 0 Å². The minimum absolute atomic E-state index is 0.242. The van der Waals surface area contributed by atoms with Gasteiger partial charge >= 0.3 is 64.8 Å². The molecule has 0 fully saturated rings. The molecule has 0 N–H and O–H groups in total. The molecule has 1 heteroatoms. The number of halogens is 1. The average molecular weight is 229 g/mol. The van der Waals surface area contributed by atoms with Gasteiger partial charge in [-0.2, -0.15) is 0 Å². The van der Waals surface area contributed by atoms with Gasteiger partial charge in [-0.1, -0.05) is 0 Å². The van der Waals surface area contributed by atoms with Crippen LogP contribution >= 0.6 is 0 Å². The summed E-state index contributed by atoms with van der Waals surface area (Å²) in [5.74, 6) is 0. The summed E-state index contributed by atoms with van der Waals surface area (Å²) in [6, 6.07) is 8.62. The van der Waals surface area contributed by atoms with Gasteiger partial charge in [0.25, 0.3) is 0 Å². The van der Waals surface area contributed by atoms with Crippen molar-refractivity contribution in [2.24, 2.45) is 0 Å². The predicted octanol–water partition coefficient (Wildman–Crippen LogP) is -1.07. The third kappa shape index (κ3) is 0.894. The van der Waals surface area contributed by atoms with Crippen molar-refractivity contribution in [1.82, 2.24) is 0 Å². The molecule has 1 heterocycles. The monoisotopic (exact) mass is 229 g/mol. The molecule has 0 saturated carbocycles. The zero-order valence-electron chi connectivity index (χ0n) is 4.84. The van der Waals surface area contributed by atoms with Crippen molar-refractivity contribution >= 4 is 6.08 Å². The Hall–Kier alpha value is -0.310. The van der Waals surface area contributed by atoms with E-state index in [4.69, 9.17) is 0 Å². The SMILES string of the molecule is C1=Cc2ccccc2[I-]1. The molecule has 46 valence electrons. The van der Waals surface area contributed by atoms with Crippen LogP contribution in [-0.2, 0) is 0 Å². The maximum absolute atomic E-state index is 2.31. The molecule has 1 aliphatic rings. The Morgan fingerprint density at radius 3 is 2.89 bits per heavy atom. The summed E-state index contributed by atoms with van der Waals surface area (Å²) in [6.07, 6.45) is 2.22. The fraction of sp³-hybridized carbons (Fsp3) is 0. The molecule has 1 aromatic rings. The van der Waals surface area contributed by atoms with E-state index in [2.05, 4.69) is 34.4 Å². The molecule has 2 rings (SSSR count). The van der Waals surface area contributed by atoms with E-state index in [0.29, 0.717) is 0 Å². The zero-order chi connectivity index (χ0) is 6.10. The van der Waals surface area contributed by atoms with Crippen LogP contribution in [0.1, 0.15) is 5.56 Å². The molecule has 0 amide bonds. The van der Waals surface area contributed by atoms with Gasteiger partial charge in [-0.3, -0.25) is 0 Å². The summed E-state index contributed by atoms with van der Waals surface area (Å²) in [5.41, 5.74) is 1.44. The Bertz CT molecular complexity index is 250. The molecular weight excluding hydrogens is 223 g/mol. The van der Waals surface area contributed by atoms with Crippen molar-refractivity contribution in [3.05, 3.63) is 37.5 Å². The van der Waals surface area contributed by atoms with Crippen LogP contribution in [-0.4, -0.2) is 0 Å². The molecule has 1 aromatic carbocycles. The van der Waals surface area contributed by atoms with Crippen LogP contribution in [0.25, 0.3) is 6.08 Å². The molecule has 0 unspecified atom stereocenters. The van der Waals surface area contributed by atoms with Crippen LogP contribution in [0.2, 0.25) is 0 Å². The standard InChI is InChI=1S/C8H6I/c1-2-4-8-7(3-1)5-6-9-8/h1-6H/q-1. The van der Waals surface area contributed by atoms with E-state index in [-0.39, 0.29) is 21.2 Å². The molecule has 0 aliphatic carbocycles. The van der Waals surface area contributed by atoms with E-state index in [0.717, 1.165) is 0 Å². The van der Waals surface area contributed by atoms with Crippen LogP contribution in [0.4, 0.5) is 0 Å². The third-order valence-corrected chi connectivity index (χ3v) is 3.70. The molecule has 9 heavy (non-hydrogen) atoms. The fourth-order valence-corrected chi connectivity index (χ4v) is 2.97. The predicted molar refractivity (Wildman–Crippen MR) is 34.2 cm³/mol. The van der Waals surface area contributed by atoms with Crippen LogP contribution in [0.3, 0.4) is 0 Å². The first kappa shape index (κ1) is 5.47. The molecule has 0 spiro atoms. The van der Waals surface area contributed by atoms with Crippen molar-refractivity contribution < 1.29 is 21.2 Å². The number of rotatable bonds is 0. The molecule has 0 atom stereocenters. The van der Waals surface area contributed by atoms with Gasteiger partial charge in [-0.15, -0.1) is 0 Å². The van der Waals surface area contributed by atoms with Crippen LogP contribution in [0, 0.1) is 3.57 Å². The van der Waals surface area contributed by atoms with Crippen molar-refractivity contribution in [2.75, 3.05) is 0 Å². The van der Waals surface area contributed by atoms with Gasteiger partial charge in [0.05, 0.1) is 0 Å². The quantitative estimate of drug-likeness (QED) is 0.497. The number of hydrogen-bond donors (Lipinski definition) is 0. The fourth-order valence-electron chi connectivity index (χ4n) is 0.877. The third-order valence-electron chi connectivity index (χ3n) is 1.33. The minimum atomic E-state index is 0.242. The first-order valence-electron chi connectivity index (χ1n) is 2.86. The van der Waals surface area contributed by atoms with E-state index in [1.165, 1.54) is 5.56 Å². The molecule has 1 aliphatic heterocycles. The zero-order valence-corrected chi connectivity index (χ0v) is 7.00. The summed E-state index contributed by atoms with van der Waals surface area (Å²) >= 11 is 0.242. The van der Waals surface area contributed by atoms with Gasteiger partial charge in [0.1, 0.15) is 0 Å². The maximum atomic E-state index is 2.31. The van der Waals surface area contributed by atoms with E-state index in [1.54, 1.807) is 3.57 Å². The molecule has 0 aromatic heterocycles.